The molecule has 1 fully saturated rings. The van der Waals surface area contributed by atoms with Crippen LogP contribution in [0.3, 0.4) is 0 Å². The number of hydrogen-bond acceptors (Lipinski definition) is 3. The molecule has 102 valence electrons. The van der Waals surface area contributed by atoms with Crippen molar-refractivity contribution in [2.45, 2.75) is 44.9 Å². The van der Waals surface area contributed by atoms with Crippen molar-refractivity contribution in [1.29, 1.82) is 0 Å². The van der Waals surface area contributed by atoms with Crippen LogP contribution in [0.2, 0.25) is 0 Å². The van der Waals surface area contributed by atoms with Crippen molar-refractivity contribution in [2.24, 2.45) is 11.7 Å². The number of nitrogens with zero attached hydrogens (tertiary/aromatic N) is 2. The first-order valence-corrected chi connectivity index (χ1v) is 6.34. The number of hydrogen-bond donors (Lipinski definition) is 1. The highest BCUT2D eigenvalue weighted by Gasteiger charge is 2.25. The molecule has 0 aliphatic heterocycles. The maximum atomic E-state index is 12.6. The highest BCUT2D eigenvalue weighted by Crippen LogP contribution is 2.27. The van der Waals surface area contributed by atoms with Crippen molar-refractivity contribution < 1.29 is 13.5 Å². The normalized spacial score (nSPS) is 24.7. The van der Waals surface area contributed by atoms with Gasteiger partial charge in [-0.05, 0) is 25.3 Å². The van der Waals surface area contributed by atoms with E-state index >= 15 is 0 Å². The summed E-state index contributed by atoms with van der Waals surface area (Å²) in [5, 5.41) is 0. The molecule has 2 unspecified atom stereocenters. The van der Waals surface area contributed by atoms with Crippen LogP contribution >= 0.6 is 0 Å². The van der Waals surface area contributed by atoms with Gasteiger partial charge in [0.1, 0.15) is 12.4 Å². The number of ether oxygens (including phenoxy) is 1. The third kappa shape index (κ3) is 3.05. The molecule has 18 heavy (non-hydrogen) atoms. The van der Waals surface area contributed by atoms with E-state index in [1.807, 2.05) is 0 Å². The van der Waals surface area contributed by atoms with Gasteiger partial charge in [-0.25, -0.2) is 4.98 Å². The zero-order valence-corrected chi connectivity index (χ0v) is 10.3. The zero-order valence-electron chi connectivity index (χ0n) is 10.3. The zero-order chi connectivity index (χ0) is 13.0. The van der Waals surface area contributed by atoms with Gasteiger partial charge in [-0.3, -0.25) is 4.57 Å². The number of halogens is 2. The monoisotopic (exact) mass is 259 g/mol. The predicted molar refractivity (Wildman–Crippen MR) is 63.1 cm³/mol. The summed E-state index contributed by atoms with van der Waals surface area (Å²) >= 11 is 0. The van der Waals surface area contributed by atoms with Crippen LogP contribution in [-0.2, 0) is 11.3 Å². The third-order valence-electron chi connectivity index (χ3n) is 3.53. The van der Waals surface area contributed by atoms with Crippen molar-refractivity contribution in [1.82, 2.24) is 9.55 Å². The topological polar surface area (TPSA) is 53.1 Å². The molecule has 4 nitrogen and oxygen atoms in total. The molecule has 0 amide bonds. The Labute approximate surface area is 105 Å². The second-order valence-corrected chi connectivity index (χ2v) is 4.66. The van der Waals surface area contributed by atoms with E-state index in [0.29, 0.717) is 12.5 Å². The van der Waals surface area contributed by atoms with Crippen LogP contribution in [0.1, 0.15) is 38.1 Å². The Morgan fingerprint density at radius 3 is 2.94 bits per heavy atom. The smallest absolute Gasteiger partial charge is 0.320 e. The molecule has 2 rings (SSSR count). The molecular weight excluding hydrogens is 240 g/mol. The van der Waals surface area contributed by atoms with Gasteiger partial charge in [-0.1, -0.05) is 12.8 Å². The maximum Gasteiger partial charge on any atom is 0.320 e. The van der Waals surface area contributed by atoms with Gasteiger partial charge in [0, 0.05) is 12.4 Å². The van der Waals surface area contributed by atoms with Crippen LogP contribution in [0.25, 0.3) is 0 Å². The van der Waals surface area contributed by atoms with E-state index in [9.17, 15) is 8.78 Å². The SMILES string of the molecule is NCC1CCCCC1OCc1nccn1C(F)F. The first-order valence-electron chi connectivity index (χ1n) is 6.34. The molecule has 0 bridgehead atoms. The van der Waals surface area contributed by atoms with Crippen LogP contribution in [0.5, 0.6) is 0 Å². The average Bonchev–Trinajstić information content (AvgIpc) is 2.85. The molecule has 1 heterocycles. The minimum absolute atomic E-state index is 0.0755. The van der Waals surface area contributed by atoms with Gasteiger partial charge in [-0.15, -0.1) is 0 Å². The number of rotatable bonds is 5. The molecule has 0 saturated heterocycles. The molecule has 2 N–H and O–H groups in total. The van der Waals surface area contributed by atoms with Gasteiger partial charge >= 0.3 is 6.55 Å². The fraction of sp³-hybridized carbons (Fsp3) is 0.750. The molecule has 6 heteroatoms. The predicted octanol–water partition coefficient (Wildman–Crippen LogP) is 2.31. The van der Waals surface area contributed by atoms with Crippen LogP contribution in [0.15, 0.2) is 12.4 Å². The minimum Gasteiger partial charge on any atom is -0.370 e. The Bertz CT molecular complexity index is 370. The molecule has 0 radical (unpaired) electrons. The van der Waals surface area contributed by atoms with Gasteiger partial charge < -0.3 is 10.5 Å². The van der Waals surface area contributed by atoms with Crippen molar-refractivity contribution in [2.75, 3.05) is 6.54 Å². The van der Waals surface area contributed by atoms with Crippen molar-refractivity contribution in [3.05, 3.63) is 18.2 Å². The first kappa shape index (κ1) is 13.4. The molecule has 1 saturated carbocycles. The van der Waals surface area contributed by atoms with E-state index in [-0.39, 0.29) is 18.5 Å². The summed E-state index contributed by atoms with van der Waals surface area (Å²) in [5.74, 6) is 0.611. The lowest BCUT2D eigenvalue weighted by Crippen LogP contribution is -2.33. The van der Waals surface area contributed by atoms with Gasteiger partial charge in [0.15, 0.2) is 0 Å². The van der Waals surface area contributed by atoms with Crippen LogP contribution in [0, 0.1) is 5.92 Å². The molecular formula is C12H19F2N3O. The van der Waals surface area contributed by atoms with E-state index < -0.39 is 6.55 Å². The van der Waals surface area contributed by atoms with Crippen LogP contribution < -0.4 is 5.73 Å². The Morgan fingerprint density at radius 2 is 2.22 bits per heavy atom. The highest BCUT2D eigenvalue weighted by molar-refractivity contribution is 4.91. The molecule has 1 aliphatic carbocycles. The lowest BCUT2D eigenvalue weighted by atomic mass is 9.86. The van der Waals surface area contributed by atoms with Crippen LogP contribution in [0.4, 0.5) is 8.78 Å². The van der Waals surface area contributed by atoms with Crippen molar-refractivity contribution >= 4 is 0 Å². The average molecular weight is 259 g/mol. The largest absolute Gasteiger partial charge is 0.370 e. The molecule has 0 spiro atoms. The van der Waals surface area contributed by atoms with Crippen molar-refractivity contribution in [3.8, 4) is 0 Å². The fourth-order valence-corrected chi connectivity index (χ4v) is 2.48. The van der Waals surface area contributed by atoms with E-state index in [4.69, 9.17) is 10.5 Å². The second-order valence-electron chi connectivity index (χ2n) is 4.66. The summed E-state index contributed by atoms with van der Waals surface area (Å²) < 4.78 is 31.8. The Hall–Kier alpha value is -1.01. The minimum atomic E-state index is -2.57. The summed E-state index contributed by atoms with van der Waals surface area (Å²) in [7, 11) is 0. The Morgan fingerprint density at radius 1 is 1.44 bits per heavy atom. The number of imidazole rings is 1. The lowest BCUT2D eigenvalue weighted by Gasteiger charge is -2.30. The molecule has 1 aromatic rings. The summed E-state index contributed by atoms with van der Waals surface area (Å²) in [4.78, 5) is 3.90. The Balaban J connectivity index is 1.91. The standard InChI is InChI=1S/C12H19F2N3O/c13-12(14)17-6-5-16-11(17)8-18-10-4-2-1-3-9(10)7-15/h5-6,9-10,12H,1-4,7-8,15H2. The first-order chi connectivity index (χ1) is 8.72. The highest BCUT2D eigenvalue weighted by atomic mass is 19.3. The van der Waals surface area contributed by atoms with E-state index in [1.54, 1.807) is 0 Å². The number of nitrogens with two attached hydrogens (primary N) is 1. The molecule has 0 aromatic carbocycles. The summed E-state index contributed by atoms with van der Waals surface area (Å²) in [6.45, 7) is -1.85. The molecule has 1 aliphatic rings. The quantitative estimate of drug-likeness (QED) is 0.882. The van der Waals surface area contributed by atoms with E-state index in [0.717, 1.165) is 23.8 Å². The van der Waals surface area contributed by atoms with Crippen molar-refractivity contribution in [3.63, 3.8) is 0 Å². The van der Waals surface area contributed by atoms with E-state index in [2.05, 4.69) is 4.98 Å². The summed E-state index contributed by atoms with van der Waals surface area (Å²) in [6.07, 6.45) is 7.02. The summed E-state index contributed by atoms with van der Waals surface area (Å²) in [5.41, 5.74) is 5.70. The van der Waals surface area contributed by atoms with Gasteiger partial charge in [0.05, 0.1) is 6.10 Å². The van der Waals surface area contributed by atoms with Gasteiger partial charge in [0.25, 0.3) is 0 Å². The van der Waals surface area contributed by atoms with Gasteiger partial charge in [0.2, 0.25) is 0 Å². The third-order valence-corrected chi connectivity index (χ3v) is 3.53. The number of alkyl halides is 2. The van der Waals surface area contributed by atoms with Crippen LogP contribution in [-0.4, -0.2) is 22.2 Å². The van der Waals surface area contributed by atoms with Gasteiger partial charge in [-0.2, -0.15) is 8.78 Å². The fourth-order valence-electron chi connectivity index (χ4n) is 2.48. The summed E-state index contributed by atoms with van der Waals surface area (Å²) in [6, 6.07) is 0. The molecule has 2 atom stereocenters. The molecule has 1 aromatic heterocycles. The number of aromatic nitrogens is 2. The van der Waals surface area contributed by atoms with E-state index in [1.165, 1.54) is 18.8 Å². The lowest BCUT2D eigenvalue weighted by molar-refractivity contribution is -0.0271. The second kappa shape index (κ2) is 6.24. The Kier molecular flexibility index (Phi) is 4.66. The maximum absolute atomic E-state index is 12.6.